The quantitative estimate of drug-likeness (QED) is 0.0355. The summed E-state index contributed by atoms with van der Waals surface area (Å²) in [7, 11) is -3.14. The summed E-state index contributed by atoms with van der Waals surface area (Å²) in [6.07, 6.45) is 7.00. The second kappa shape index (κ2) is 21.0. The summed E-state index contributed by atoms with van der Waals surface area (Å²) in [6, 6.07) is 0. The fourth-order valence-corrected chi connectivity index (χ4v) is 9.03. The Kier molecular flexibility index (Phi) is 19.4. The number of carbonyl (C=O) groups excluding carboxylic acids is 2. The second-order valence-corrected chi connectivity index (χ2v) is 29.0. The van der Waals surface area contributed by atoms with E-state index >= 15 is 0 Å². The predicted molar refractivity (Wildman–Crippen MR) is 232 cm³/mol. The van der Waals surface area contributed by atoms with Crippen LogP contribution in [-0.2, 0) is 32.7 Å². The highest BCUT2D eigenvalue weighted by Crippen LogP contribution is 2.44. The Bertz CT molecular complexity index is 1450. The van der Waals surface area contributed by atoms with Crippen LogP contribution < -0.4 is 0 Å². The number of allylic oxidation sites excluding steroid dienone is 1. The van der Waals surface area contributed by atoms with Crippen molar-refractivity contribution >= 4 is 45.8 Å². The minimum atomic E-state index is -2.47. The van der Waals surface area contributed by atoms with E-state index < -0.39 is 46.1 Å². The van der Waals surface area contributed by atoms with Crippen LogP contribution in [0.3, 0.4) is 0 Å². The van der Waals surface area contributed by atoms with E-state index in [1.807, 2.05) is 64.3 Å². The van der Waals surface area contributed by atoms with Crippen molar-refractivity contribution in [1.29, 1.82) is 0 Å². The SMILES string of the molecule is C=CC/C(=C/C[C@H](OC(=O)C[C@H](O[Si](C)(C)C(C)(C)C)C(C)(C)C(=O)[C@H](C)[C@@H](O[Si](C)(C)C(C)(C)C)[C@@H](C)C=C)/C(C)=C/c1csc(C)n1)COCOC. The maximum absolute atomic E-state index is 14.8. The molecule has 1 rings (SSSR count). The summed E-state index contributed by atoms with van der Waals surface area (Å²) >= 11 is 1.57. The van der Waals surface area contributed by atoms with Gasteiger partial charge in [-0.25, -0.2) is 4.98 Å². The number of esters is 1. The van der Waals surface area contributed by atoms with Gasteiger partial charge in [-0.1, -0.05) is 87.5 Å². The number of hydrogen-bond donors (Lipinski definition) is 0. The monoisotopic (exact) mass is 805 g/mol. The second-order valence-electron chi connectivity index (χ2n) is 18.4. The van der Waals surface area contributed by atoms with Gasteiger partial charge in [0.25, 0.3) is 0 Å². The summed E-state index contributed by atoms with van der Waals surface area (Å²) in [5, 5.41) is 2.75. The van der Waals surface area contributed by atoms with Gasteiger partial charge in [-0.05, 0) is 79.7 Å². The Morgan fingerprint density at radius 1 is 0.963 bits per heavy atom. The molecule has 308 valence electrons. The molecule has 0 radical (unpaired) electrons. The molecular formula is C43H75NO7SSi2. The summed E-state index contributed by atoms with van der Waals surface area (Å²) in [5.74, 6) is -0.968. The van der Waals surface area contributed by atoms with Crippen LogP contribution in [0, 0.1) is 24.2 Å². The maximum atomic E-state index is 14.8. The molecule has 11 heteroatoms. The molecule has 8 nitrogen and oxygen atoms in total. The lowest BCUT2D eigenvalue weighted by Gasteiger charge is -2.46. The average molecular weight is 806 g/mol. The molecule has 0 spiro atoms. The molecule has 0 N–H and O–H groups in total. The average Bonchev–Trinajstić information content (AvgIpc) is 3.46. The number of ketones is 1. The predicted octanol–water partition coefficient (Wildman–Crippen LogP) is 11.5. The van der Waals surface area contributed by atoms with Gasteiger partial charge >= 0.3 is 5.97 Å². The van der Waals surface area contributed by atoms with Crippen LogP contribution in [0.1, 0.15) is 106 Å². The molecule has 1 aromatic heterocycles. The first-order valence-corrected chi connectivity index (χ1v) is 26.0. The number of thiazole rings is 1. The lowest BCUT2D eigenvalue weighted by Crippen LogP contribution is -2.54. The van der Waals surface area contributed by atoms with Crippen molar-refractivity contribution in [2.24, 2.45) is 17.3 Å². The zero-order valence-corrected chi connectivity index (χ0v) is 39.8. The van der Waals surface area contributed by atoms with Crippen LogP contribution in [0.5, 0.6) is 0 Å². The number of nitrogens with zero attached hydrogens (tertiary/aromatic N) is 1. The Labute approximate surface area is 335 Å². The van der Waals surface area contributed by atoms with E-state index in [-0.39, 0.29) is 41.1 Å². The molecular weight excluding hydrogens is 731 g/mol. The standard InChI is InChI=1S/C43H75NO7SSi2/c1-20-22-34(27-48-29-47-15)23-24-36(31(4)25-35-28-52-33(6)44-35)49-38(45)26-37(50-53(16,17)41(7,8)9)43(13,14)40(46)32(5)39(30(3)21-2)51-54(18,19)42(10,11)12/h20-21,23,25,28,30,32,36-37,39H,1-2,22,24,26-27,29H2,3-19H3/b31-25+,34-23-/t30-,32+,36-,37-,39-/m0/s1. The lowest BCUT2D eigenvalue weighted by atomic mass is 9.73. The topological polar surface area (TPSA) is 93.2 Å². The molecule has 0 aliphatic carbocycles. The Balaban J connectivity index is 3.66. The molecule has 0 saturated heterocycles. The smallest absolute Gasteiger partial charge is 0.309 e. The Hall–Kier alpha value is -2.00. The fourth-order valence-electron chi connectivity index (χ4n) is 5.56. The van der Waals surface area contributed by atoms with Gasteiger partial charge in [0.15, 0.2) is 16.6 Å². The van der Waals surface area contributed by atoms with Crippen LogP contribution in [0.2, 0.25) is 36.3 Å². The number of aromatic nitrogens is 1. The molecule has 0 saturated carbocycles. The minimum absolute atomic E-state index is 0.00370. The fraction of sp³-hybridized carbons (Fsp3) is 0.698. The Morgan fingerprint density at radius 3 is 2.02 bits per heavy atom. The molecule has 5 atom stereocenters. The third-order valence-corrected chi connectivity index (χ3v) is 21.1. The summed E-state index contributed by atoms with van der Waals surface area (Å²) in [4.78, 5) is 33.7. The molecule has 0 amide bonds. The molecule has 0 fully saturated rings. The summed E-state index contributed by atoms with van der Waals surface area (Å²) in [5.41, 5.74) is 1.63. The van der Waals surface area contributed by atoms with Gasteiger partial charge in [0.1, 0.15) is 18.7 Å². The molecule has 0 aliphatic rings. The number of ether oxygens (including phenoxy) is 3. The van der Waals surface area contributed by atoms with E-state index in [0.29, 0.717) is 19.4 Å². The highest BCUT2D eigenvalue weighted by atomic mass is 32.1. The molecule has 0 bridgehead atoms. The zero-order valence-electron chi connectivity index (χ0n) is 36.9. The maximum Gasteiger partial charge on any atom is 0.309 e. The first-order chi connectivity index (χ1) is 24.6. The number of rotatable bonds is 23. The molecule has 0 aliphatic heterocycles. The van der Waals surface area contributed by atoms with Crippen LogP contribution >= 0.6 is 11.3 Å². The van der Waals surface area contributed by atoms with E-state index in [1.165, 1.54) is 0 Å². The number of hydrogen-bond acceptors (Lipinski definition) is 9. The minimum Gasteiger partial charge on any atom is -0.457 e. The van der Waals surface area contributed by atoms with Crippen molar-refractivity contribution in [2.45, 2.75) is 157 Å². The molecule has 1 heterocycles. The summed E-state index contributed by atoms with van der Waals surface area (Å²) in [6.45, 7) is 42.1. The third kappa shape index (κ3) is 14.8. The molecule has 1 aromatic rings. The van der Waals surface area contributed by atoms with Crippen molar-refractivity contribution in [3.05, 3.63) is 58.6 Å². The molecule has 54 heavy (non-hydrogen) atoms. The molecule has 0 aromatic carbocycles. The van der Waals surface area contributed by atoms with E-state index in [9.17, 15) is 9.59 Å². The zero-order chi connectivity index (χ0) is 41.9. The highest BCUT2D eigenvalue weighted by molar-refractivity contribution is 7.09. The number of aryl methyl sites for hydroxylation is 1. The Morgan fingerprint density at radius 2 is 1.54 bits per heavy atom. The van der Waals surface area contributed by atoms with Crippen molar-refractivity contribution in [2.75, 3.05) is 20.5 Å². The van der Waals surface area contributed by atoms with Gasteiger partial charge in [-0.3, -0.25) is 9.59 Å². The lowest BCUT2D eigenvalue weighted by molar-refractivity contribution is -0.153. The van der Waals surface area contributed by atoms with Gasteiger partial charge in [0.05, 0.1) is 35.9 Å². The normalized spacial score (nSPS) is 16.7. The van der Waals surface area contributed by atoms with Crippen LogP contribution in [0.15, 0.2) is 47.9 Å². The van der Waals surface area contributed by atoms with Gasteiger partial charge in [0.2, 0.25) is 0 Å². The molecule has 0 unspecified atom stereocenters. The van der Waals surface area contributed by atoms with Crippen LogP contribution in [0.25, 0.3) is 6.08 Å². The van der Waals surface area contributed by atoms with Crippen molar-refractivity contribution < 1.29 is 32.7 Å². The first kappa shape index (κ1) is 50.0. The van der Waals surface area contributed by atoms with E-state index in [1.54, 1.807) is 18.4 Å². The van der Waals surface area contributed by atoms with E-state index in [0.717, 1.165) is 21.8 Å². The van der Waals surface area contributed by atoms with Gasteiger partial charge in [0, 0.05) is 30.2 Å². The van der Waals surface area contributed by atoms with Crippen molar-refractivity contribution in [3.63, 3.8) is 0 Å². The van der Waals surface area contributed by atoms with Crippen LogP contribution in [-0.4, -0.2) is 72.2 Å². The van der Waals surface area contributed by atoms with Gasteiger partial charge in [-0.2, -0.15) is 0 Å². The van der Waals surface area contributed by atoms with Crippen LogP contribution in [0.4, 0.5) is 0 Å². The van der Waals surface area contributed by atoms with E-state index in [2.05, 4.69) is 92.8 Å². The van der Waals surface area contributed by atoms with E-state index in [4.69, 9.17) is 23.1 Å². The van der Waals surface area contributed by atoms with Crippen molar-refractivity contribution in [3.8, 4) is 0 Å². The van der Waals surface area contributed by atoms with Gasteiger partial charge in [-0.15, -0.1) is 24.5 Å². The largest absolute Gasteiger partial charge is 0.457 e. The van der Waals surface area contributed by atoms with Crippen molar-refractivity contribution in [1.82, 2.24) is 4.98 Å². The first-order valence-electron chi connectivity index (χ1n) is 19.3. The number of methoxy groups -OCH3 is 1. The number of Topliss-reactive ketones (excluding diaryl/α,β-unsaturated/α-hetero) is 1. The highest BCUT2D eigenvalue weighted by Gasteiger charge is 2.50. The van der Waals surface area contributed by atoms with Gasteiger partial charge < -0.3 is 23.1 Å². The third-order valence-electron chi connectivity index (χ3n) is 11.4. The summed E-state index contributed by atoms with van der Waals surface area (Å²) < 4.78 is 31.0. The number of carbonyl (C=O) groups is 2.